The molecule has 0 aliphatic heterocycles. The fraction of sp³-hybridized carbons (Fsp3) is 0.444. The molecule has 0 fully saturated rings. The van der Waals surface area contributed by atoms with Gasteiger partial charge in [-0.15, -0.1) is 0 Å². The Kier molecular flexibility index (Phi) is 12.6. The molecule has 20 nitrogen and oxygen atoms in total. The van der Waals surface area contributed by atoms with Crippen LogP contribution in [0.4, 0.5) is 0 Å². The number of hydrogen-bond acceptors (Lipinski definition) is 20. The smallest absolute Gasteiger partial charge is 0.257 e. The summed E-state index contributed by atoms with van der Waals surface area (Å²) in [5.41, 5.74) is 2.68. The van der Waals surface area contributed by atoms with Gasteiger partial charge >= 0.3 is 0 Å². The summed E-state index contributed by atoms with van der Waals surface area (Å²) in [6, 6.07) is 12.2. The van der Waals surface area contributed by atoms with E-state index < -0.39 is 18.3 Å². The van der Waals surface area contributed by atoms with Gasteiger partial charge in [0.15, 0.2) is 0 Å². The highest BCUT2D eigenvalue weighted by Crippen LogP contribution is 2.46. The highest BCUT2D eigenvalue weighted by molar-refractivity contribution is 6.25. The van der Waals surface area contributed by atoms with Gasteiger partial charge in [-0.25, -0.2) is 0 Å². The Labute approximate surface area is 318 Å². The summed E-state index contributed by atoms with van der Waals surface area (Å²) in [5.74, 6) is 0.468. The van der Waals surface area contributed by atoms with Crippen molar-refractivity contribution < 1.29 is 57.6 Å². The first-order chi connectivity index (χ1) is 27.7. The molecule has 3 aliphatic rings. The molecule has 3 unspecified atom stereocenters. The zero-order chi connectivity index (χ0) is 38.7. The highest BCUT2D eigenvalue weighted by Gasteiger charge is 2.39. The molecule has 7 rings (SSSR count). The maximum absolute atomic E-state index is 6.42. The SMILES string of the molecule is CCO/N=N/OCOC1=c2ccc3c4c5c6c(ccc7ccc(c(c24)c76)C1OCO/N=N/OCC)C(OCO/N=N/OCC)C(OCO/N=N/OCC)C=5CC=3. The van der Waals surface area contributed by atoms with Crippen LogP contribution in [-0.2, 0) is 57.6 Å². The molecule has 56 heavy (non-hydrogen) atoms. The number of benzene rings is 4. The number of rotatable bonds is 24. The minimum atomic E-state index is -0.762. The van der Waals surface area contributed by atoms with Crippen LogP contribution in [-0.4, -0.2) is 59.7 Å². The molecule has 3 atom stereocenters. The molecule has 296 valence electrons. The number of hydrogen-bond donors (Lipinski definition) is 0. The van der Waals surface area contributed by atoms with E-state index in [-0.39, 0.29) is 27.2 Å². The zero-order valence-corrected chi connectivity index (χ0v) is 31.1. The van der Waals surface area contributed by atoms with Crippen LogP contribution in [0.5, 0.6) is 0 Å². The van der Waals surface area contributed by atoms with Crippen LogP contribution in [0, 0.1) is 0 Å². The molecule has 0 bridgehead atoms. The lowest BCUT2D eigenvalue weighted by atomic mass is 9.75. The van der Waals surface area contributed by atoms with Crippen molar-refractivity contribution in [2.24, 2.45) is 42.2 Å². The van der Waals surface area contributed by atoms with Gasteiger partial charge in [-0.05, 0) is 88.2 Å². The van der Waals surface area contributed by atoms with E-state index >= 15 is 0 Å². The van der Waals surface area contributed by atoms with Gasteiger partial charge in [0.05, 0.1) is 42.2 Å². The summed E-state index contributed by atoms with van der Waals surface area (Å²) in [5, 5.41) is 37.3. The minimum absolute atomic E-state index is 0.238. The molecule has 4 aromatic rings. The fourth-order valence-corrected chi connectivity index (χ4v) is 7.22. The van der Waals surface area contributed by atoms with Crippen LogP contribution in [0.15, 0.2) is 78.6 Å². The van der Waals surface area contributed by atoms with Crippen LogP contribution < -0.4 is 15.7 Å². The van der Waals surface area contributed by atoms with Crippen molar-refractivity contribution in [3.8, 4) is 0 Å². The summed E-state index contributed by atoms with van der Waals surface area (Å²) in [6.07, 6.45) is 0.669. The second-order valence-corrected chi connectivity index (χ2v) is 12.0. The maximum atomic E-state index is 6.42. The van der Waals surface area contributed by atoms with E-state index in [1.54, 1.807) is 27.7 Å². The quantitative estimate of drug-likeness (QED) is 0.0200. The first kappa shape index (κ1) is 38.2. The van der Waals surface area contributed by atoms with Gasteiger partial charge in [0.2, 0.25) is 20.4 Å². The lowest BCUT2D eigenvalue weighted by molar-refractivity contribution is -0.164. The lowest BCUT2D eigenvalue weighted by Gasteiger charge is -2.36. The third-order valence-corrected chi connectivity index (χ3v) is 9.08. The van der Waals surface area contributed by atoms with E-state index in [1.807, 2.05) is 24.3 Å². The van der Waals surface area contributed by atoms with E-state index in [9.17, 15) is 0 Å². The predicted molar refractivity (Wildman–Crippen MR) is 193 cm³/mol. The topological polar surface area (TPSA) is 210 Å². The Morgan fingerprint density at radius 1 is 0.500 bits per heavy atom. The fourth-order valence-electron chi connectivity index (χ4n) is 7.22. The van der Waals surface area contributed by atoms with Crippen molar-refractivity contribution >= 4 is 49.7 Å². The number of ether oxygens (including phenoxy) is 4. The second kappa shape index (κ2) is 18.5. The average molecular weight is 777 g/mol. The minimum Gasteiger partial charge on any atom is -0.456 e. The summed E-state index contributed by atoms with van der Waals surface area (Å²) < 4.78 is 25.5. The normalized spacial score (nSPS) is 18.3. The van der Waals surface area contributed by atoms with Gasteiger partial charge in [0.1, 0.15) is 50.5 Å². The Balaban J connectivity index is 1.41. The molecule has 0 saturated heterocycles. The molecular weight excluding hydrogens is 736 g/mol. The van der Waals surface area contributed by atoms with Crippen LogP contribution >= 0.6 is 0 Å². The summed E-state index contributed by atoms with van der Waals surface area (Å²) in [6.45, 7) is 7.46. The molecule has 0 aromatic heterocycles. The molecule has 0 spiro atoms. The monoisotopic (exact) mass is 776 g/mol. The van der Waals surface area contributed by atoms with E-state index in [4.69, 9.17) is 57.6 Å². The molecular formula is C36H40N8O12. The van der Waals surface area contributed by atoms with Gasteiger partial charge in [0, 0.05) is 10.6 Å². The van der Waals surface area contributed by atoms with Gasteiger partial charge in [-0.2, -0.15) is 0 Å². The van der Waals surface area contributed by atoms with Crippen molar-refractivity contribution in [1.82, 2.24) is 0 Å². The van der Waals surface area contributed by atoms with Crippen molar-refractivity contribution in [3.05, 3.63) is 63.2 Å². The Morgan fingerprint density at radius 2 is 1.05 bits per heavy atom. The van der Waals surface area contributed by atoms with Crippen molar-refractivity contribution in [2.75, 3.05) is 53.6 Å². The third kappa shape index (κ3) is 7.57. The van der Waals surface area contributed by atoms with Crippen LogP contribution in [0.25, 0.3) is 49.7 Å². The molecule has 0 N–H and O–H groups in total. The standard InChI is InChI=1S/C36H40N8O12/c1-5-49-37-41-53-17-45-33-23-13-9-21-11-15-25-31-27(21)29(23)30-24(34(33)46-18-54-42-38-50-6-2)14-10-22-12-16-26(32(31)28(22)30)36(48-20-56-44-40-52-8-4)35(25)47-19-55-43-39-51-7-3/h9-15,33,35-36H,5-8,16-20H2,1-4H3/b41-37+,42-38+,43-39+,44-40+. The highest BCUT2D eigenvalue weighted by atomic mass is 16.8. The average Bonchev–Trinajstić information content (AvgIpc) is 3.22. The zero-order valence-electron chi connectivity index (χ0n) is 31.1. The molecule has 4 aromatic carbocycles. The number of nitrogens with zero attached hydrogens (tertiary/aromatic N) is 8. The van der Waals surface area contributed by atoms with Gasteiger partial charge in [-0.1, -0.05) is 42.5 Å². The van der Waals surface area contributed by atoms with E-state index in [2.05, 4.69) is 60.4 Å². The van der Waals surface area contributed by atoms with Crippen molar-refractivity contribution in [2.45, 2.75) is 52.4 Å². The predicted octanol–water partition coefficient (Wildman–Crippen LogP) is 6.02. The van der Waals surface area contributed by atoms with Crippen molar-refractivity contribution in [3.63, 3.8) is 0 Å². The van der Waals surface area contributed by atoms with E-state index in [0.29, 0.717) is 38.6 Å². The van der Waals surface area contributed by atoms with Crippen LogP contribution in [0.2, 0.25) is 0 Å². The Bertz CT molecular complexity index is 2320. The molecule has 0 amide bonds. The summed E-state index contributed by atoms with van der Waals surface area (Å²) in [7, 11) is 0. The van der Waals surface area contributed by atoms with Crippen LogP contribution in [0.3, 0.4) is 0 Å². The first-order valence-corrected chi connectivity index (χ1v) is 18.0. The Morgan fingerprint density at radius 3 is 1.68 bits per heavy atom. The molecule has 3 aliphatic carbocycles. The van der Waals surface area contributed by atoms with Gasteiger partial charge < -0.3 is 57.6 Å². The second-order valence-electron chi connectivity index (χ2n) is 12.0. The summed E-state index contributed by atoms with van der Waals surface area (Å²) in [4.78, 5) is 40.9. The van der Waals surface area contributed by atoms with Gasteiger partial charge in [0.25, 0.3) is 6.79 Å². The third-order valence-electron chi connectivity index (χ3n) is 9.08. The van der Waals surface area contributed by atoms with E-state index in [1.165, 1.54) is 0 Å². The molecule has 0 heterocycles. The van der Waals surface area contributed by atoms with Gasteiger partial charge in [-0.3, -0.25) is 0 Å². The van der Waals surface area contributed by atoms with E-state index in [0.717, 1.165) is 64.7 Å². The Hall–Kier alpha value is -6.12. The molecule has 20 heteroatoms. The first-order valence-electron chi connectivity index (χ1n) is 18.0. The summed E-state index contributed by atoms with van der Waals surface area (Å²) >= 11 is 0. The molecule has 0 saturated carbocycles. The molecule has 0 radical (unpaired) electrons. The van der Waals surface area contributed by atoms with Crippen LogP contribution in [0.1, 0.15) is 57.5 Å². The maximum Gasteiger partial charge on any atom is 0.257 e. The van der Waals surface area contributed by atoms with Crippen molar-refractivity contribution in [1.29, 1.82) is 0 Å². The lowest BCUT2D eigenvalue weighted by Crippen LogP contribution is -2.39. The largest absolute Gasteiger partial charge is 0.456 e.